The number of aliphatic imine (C=N–C) groups is 1. The molecule has 1 saturated heterocycles. The Morgan fingerprint density at radius 2 is 2.19 bits per heavy atom. The minimum absolute atomic E-state index is 0.609. The zero-order valence-electron chi connectivity index (χ0n) is 16.5. The monoisotopic (exact) mass is 386 g/mol. The second kappa shape index (κ2) is 9.65. The number of ether oxygens (including phenoxy) is 1. The summed E-state index contributed by atoms with van der Waals surface area (Å²) in [6.45, 7) is 4.03. The van der Waals surface area contributed by atoms with Gasteiger partial charge in [-0.3, -0.25) is 4.99 Å². The van der Waals surface area contributed by atoms with Crippen LogP contribution in [0.4, 0.5) is 5.69 Å². The van der Waals surface area contributed by atoms with Crippen LogP contribution in [0.25, 0.3) is 0 Å². The van der Waals surface area contributed by atoms with Gasteiger partial charge in [-0.1, -0.05) is 18.2 Å². The summed E-state index contributed by atoms with van der Waals surface area (Å²) in [5.41, 5.74) is 1.19. The largest absolute Gasteiger partial charge is 0.495 e. The summed E-state index contributed by atoms with van der Waals surface area (Å²) in [4.78, 5) is 10.5. The number of anilines is 1. The molecule has 0 spiro atoms. The number of likely N-dealkylation sites (N-methyl/N-ethyl adjacent to an activating group) is 1. The Morgan fingerprint density at radius 1 is 1.33 bits per heavy atom. The van der Waals surface area contributed by atoms with E-state index in [0.29, 0.717) is 5.92 Å². The number of hydrogen-bond donors (Lipinski definition) is 1. The minimum Gasteiger partial charge on any atom is -0.495 e. The molecule has 6 heteroatoms. The van der Waals surface area contributed by atoms with Gasteiger partial charge in [0.1, 0.15) is 5.75 Å². The zero-order valence-corrected chi connectivity index (χ0v) is 17.3. The van der Waals surface area contributed by atoms with Gasteiger partial charge in [-0.05, 0) is 42.3 Å². The highest BCUT2D eigenvalue weighted by Gasteiger charge is 2.24. The number of para-hydroxylation sites is 2. The highest BCUT2D eigenvalue weighted by Crippen LogP contribution is 2.31. The van der Waals surface area contributed by atoms with Gasteiger partial charge in [-0.15, -0.1) is 11.3 Å². The van der Waals surface area contributed by atoms with E-state index in [1.54, 1.807) is 7.11 Å². The van der Waals surface area contributed by atoms with Gasteiger partial charge in [-0.25, -0.2) is 0 Å². The standard InChI is InChI=1S/C21H30N4OS/c1-22-21(24(2)12-11-18-7-6-14-27-18)23-15-17-10-13-25(16-17)19-8-4-5-9-20(19)26-3/h4-9,14,17H,10-13,15-16H2,1-3H3,(H,22,23). The lowest BCUT2D eigenvalue weighted by Gasteiger charge is -2.24. The van der Waals surface area contributed by atoms with E-state index >= 15 is 0 Å². The van der Waals surface area contributed by atoms with Crippen molar-refractivity contribution in [2.75, 3.05) is 52.3 Å². The number of methoxy groups -OCH3 is 1. The fraction of sp³-hybridized carbons (Fsp3) is 0.476. The van der Waals surface area contributed by atoms with Gasteiger partial charge in [0, 0.05) is 45.2 Å². The fourth-order valence-electron chi connectivity index (χ4n) is 3.57. The van der Waals surface area contributed by atoms with E-state index in [-0.39, 0.29) is 0 Å². The molecule has 1 aromatic carbocycles. The van der Waals surface area contributed by atoms with Crippen molar-refractivity contribution >= 4 is 23.0 Å². The van der Waals surface area contributed by atoms with Gasteiger partial charge >= 0.3 is 0 Å². The van der Waals surface area contributed by atoms with E-state index in [4.69, 9.17) is 4.74 Å². The lowest BCUT2D eigenvalue weighted by Crippen LogP contribution is -2.42. The topological polar surface area (TPSA) is 40.1 Å². The van der Waals surface area contributed by atoms with Crippen LogP contribution in [-0.2, 0) is 6.42 Å². The third kappa shape index (κ3) is 5.16. The Hall–Kier alpha value is -2.21. The van der Waals surface area contributed by atoms with Crippen molar-refractivity contribution in [1.82, 2.24) is 10.2 Å². The molecule has 1 aliphatic heterocycles. The summed E-state index contributed by atoms with van der Waals surface area (Å²) in [5.74, 6) is 2.54. The maximum absolute atomic E-state index is 5.52. The molecule has 3 rings (SSSR count). The maximum atomic E-state index is 5.52. The molecular formula is C21H30N4OS. The Bertz CT molecular complexity index is 732. The minimum atomic E-state index is 0.609. The smallest absolute Gasteiger partial charge is 0.193 e. The van der Waals surface area contributed by atoms with Crippen LogP contribution in [0, 0.1) is 5.92 Å². The summed E-state index contributed by atoms with van der Waals surface area (Å²) in [6, 6.07) is 12.6. The summed E-state index contributed by atoms with van der Waals surface area (Å²) in [6.07, 6.45) is 2.24. The first-order valence-corrected chi connectivity index (χ1v) is 10.4. The van der Waals surface area contributed by atoms with Gasteiger partial charge in [0.2, 0.25) is 0 Å². The number of rotatable bonds is 7. The molecule has 146 valence electrons. The Balaban J connectivity index is 1.47. The van der Waals surface area contributed by atoms with Crippen LogP contribution in [0.2, 0.25) is 0 Å². The predicted octanol–water partition coefficient (Wildman–Crippen LogP) is 3.33. The molecule has 1 atom stereocenters. The van der Waals surface area contributed by atoms with Crippen molar-refractivity contribution in [2.45, 2.75) is 12.8 Å². The second-order valence-electron chi connectivity index (χ2n) is 6.95. The fourth-order valence-corrected chi connectivity index (χ4v) is 4.27. The van der Waals surface area contributed by atoms with E-state index in [9.17, 15) is 0 Å². The third-order valence-corrected chi connectivity index (χ3v) is 6.04. The van der Waals surface area contributed by atoms with Crippen molar-refractivity contribution in [3.8, 4) is 5.75 Å². The second-order valence-corrected chi connectivity index (χ2v) is 7.98. The molecule has 0 saturated carbocycles. The SMILES string of the molecule is CN=C(NCC1CCN(c2ccccc2OC)C1)N(C)CCc1cccs1. The Morgan fingerprint density at radius 3 is 2.93 bits per heavy atom. The summed E-state index contributed by atoms with van der Waals surface area (Å²) in [5, 5.41) is 5.70. The first kappa shape index (κ1) is 19.5. The summed E-state index contributed by atoms with van der Waals surface area (Å²) in [7, 11) is 5.71. The highest BCUT2D eigenvalue weighted by atomic mass is 32.1. The number of benzene rings is 1. The normalized spacial score (nSPS) is 17.2. The molecule has 5 nitrogen and oxygen atoms in total. The molecule has 2 heterocycles. The molecular weight excluding hydrogens is 356 g/mol. The van der Waals surface area contributed by atoms with Crippen molar-refractivity contribution in [3.63, 3.8) is 0 Å². The van der Waals surface area contributed by atoms with Crippen LogP contribution in [0.15, 0.2) is 46.8 Å². The first-order chi connectivity index (χ1) is 13.2. The van der Waals surface area contributed by atoms with Crippen molar-refractivity contribution in [3.05, 3.63) is 46.7 Å². The molecule has 1 fully saturated rings. The highest BCUT2D eigenvalue weighted by molar-refractivity contribution is 7.09. The van der Waals surface area contributed by atoms with E-state index < -0.39 is 0 Å². The van der Waals surface area contributed by atoms with Crippen molar-refractivity contribution in [1.29, 1.82) is 0 Å². The van der Waals surface area contributed by atoms with E-state index in [1.807, 2.05) is 30.5 Å². The molecule has 1 aromatic heterocycles. The molecule has 27 heavy (non-hydrogen) atoms. The van der Waals surface area contributed by atoms with Gasteiger partial charge < -0.3 is 19.9 Å². The van der Waals surface area contributed by atoms with Crippen molar-refractivity contribution < 1.29 is 4.74 Å². The van der Waals surface area contributed by atoms with Crippen LogP contribution in [0.1, 0.15) is 11.3 Å². The molecule has 0 bridgehead atoms. The first-order valence-electron chi connectivity index (χ1n) is 9.53. The van der Waals surface area contributed by atoms with Gasteiger partial charge in [0.25, 0.3) is 0 Å². The molecule has 0 aliphatic carbocycles. The summed E-state index contributed by atoms with van der Waals surface area (Å²) < 4.78 is 5.52. The maximum Gasteiger partial charge on any atom is 0.193 e. The van der Waals surface area contributed by atoms with Crippen LogP contribution in [0.3, 0.4) is 0 Å². The molecule has 2 aromatic rings. The molecule has 0 radical (unpaired) electrons. The molecule has 0 amide bonds. The van der Waals surface area contributed by atoms with Crippen LogP contribution in [0.5, 0.6) is 5.75 Å². The Kier molecular flexibility index (Phi) is 6.98. The van der Waals surface area contributed by atoms with Crippen LogP contribution < -0.4 is 15.0 Å². The Labute approximate surface area is 166 Å². The summed E-state index contributed by atoms with van der Waals surface area (Å²) >= 11 is 1.82. The van der Waals surface area contributed by atoms with Crippen LogP contribution >= 0.6 is 11.3 Å². The number of nitrogens with one attached hydrogen (secondary N) is 1. The lowest BCUT2D eigenvalue weighted by molar-refractivity contribution is 0.414. The quantitative estimate of drug-likeness (QED) is 0.585. The average Bonchev–Trinajstić information content (AvgIpc) is 3.39. The third-order valence-electron chi connectivity index (χ3n) is 5.11. The van der Waals surface area contributed by atoms with Crippen molar-refractivity contribution in [2.24, 2.45) is 10.9 Å². The number of nitrogens with zero attached hydrogens (tertiary/aromatic N) is 3. The zero-order chi connectivity index (χ0) is 19.1. The van der Waals surface area contributed by atoms with E-state index in [0.717, 1.165) is 44.3 Å². The number of thiophene rings is 1. The molecule has 1 N–H and O–H groups in total. The van der Waals surface area contributed by atoms with Gasteiger partial charge in [0.15, 0.2) is 5.96 Å². The van der Waals surface area contributed by atoms with Crippen LogP contribution in [-0.4, -0.2) is 58.2 Å². The number of hydrogen-bond acceptors (Lipinski definition) is 4. The van der Waals surface area contributed by atoms with E-state index in [2.05, 4.69) is 56.8 Å². The van der Waals surface area contributed by atoms with Gasteiger partial charge in [-0.2, -0.15) is 0 Å². The molecule has 1 unspecified atom stereocenters. The molecule has 1 aliphatic rings. The predicted molar refractivity (Wildman–Crippen MR) is 115 cm³/mol. The average molecular weight is 387 g/mol. The number of guanidine groups is 1. The van der Waals surface area contributed by atoms with Gasteiger partial charge in [0.05, 0.1) is 12.8 Å². The lowest BCUT2D eigenvalue weighted by atomic mass is 10.1. The van der Waals surface area contributed by atoms with E-state index in [1.165, 1.54) is 17.0 Å².